The molecule has 2 rings (SSSR count). The van der Waals surface area contributed by atoms with Gasteiger partial charge in [-0.2, -0.15) is 5.10 Å². The van der Waals surface area contributed by atoms with Crippen molar-refractivity contribution in [2.24, 2.45) is 0 Å². The molecule has 6 heteroatoms. The Morgan fingerprint density at radius 3 is 2.81 bits per heavy atom. The molecule has 1 aromatic heterocycles. The second-order valence-electron chi connectivity index (χ2n) is 4.98. The van der Waals surface area contributed by atoms with Gasteiger partial charge >= 0.3 is 0 Å². The van der Waals surface area contributed by atoms with E-state index >= 15 is 0 Å². The molecule has 0 fully saturated rings. The Hall–Kier alpha value is -2.01. The highest BCUT2D eigenvalue weighted by Gasteiger charge is 2.07. The molecule has 21 heavy (non-hydrogen) atoms. The first-order valence-electron chi connectivity index (χ1n) is 6.83. The Bertz CT molecular complexity index is 684. The highest BCUT2D eigenvalue weighted by molar-refractivity contribution is 6.31. The van der Waals surface area contributed by atoms with Gasteiger partial charge in [0.15, 0.2) is 0 Å². The van der Waals surface area contributed by atoms with Crippen LogP contribution < -0.4 is 16.2 Å². The fourth-order valence-electron chi connectivity index (χ4n) is 2.09. The van der Waals surface area contributed by atoms with E-state index in [1.165, 1.54) is 4.68 Å². The summed E-state index contributed by atoms with van der Waals surface area (Å²) in [7, 11) is 1.94. The molecule has 0 aliphatic rings. The lowest BCUT2D eigenvalue weighted by Gasteiger charge is -2.18. The molecule has 0 spiro atoms. The fraction of sp³-hybridized carbons (Fsp3) is 0.333. The van der Waals surface area contributed by atoms with Crippen LogP contribution in [-0.2, 0) is 6.54 Å². The monoisotopic (exact) mass is 306 g/mol. The number of rotatable bonds is 5. The SMILES string of the molecule is CCCN(C)c1cnn(Cc2cc(N)ccc2Cl)c(=O)c1. The summed E-state index contributed by atoms with van der Waals surface area (Å²) in [4.78, 5) is 14.2. The number of hydrogen-bond acceptors (Lipinski definition) is 4. The lowest BCUT2D eigenvalue weighted by Crippen LogP contribution is -2.26. The highest BCUT2D eigenvalue weighted by Crippen LogP contribution is 2.19. The van der Waals surface area contributed by atoms with Crippen LogP contribution in [0.2, 0.25) is 5.02 Å². The van der Waals surface area contributed by atoms with Gasteiger partial charge in [0.2, 0.25) is 0 Å². The number of nitrogens with zero attached hydrogens (tertiary/aromatic N) is 3. The molecule has 0 bridgehead atoms. The van der Waals surface area contributed by atoms with Crippen LogP contribution in [0.25, 0.3) is 0 Å². The molecular formula is C15H19ClN4O. The summed E-state index contributed by atoms with van der Waals surface area (Å²) in [5.41, 5.74) is 7.79. The van der Waals surface area contributed by atoms with E-state index in [9.17, 15) is 4.79 Å². The summed E-state index contributed by atoms with van der Waals surface area (Å²) in [6.45, 7) is 3.28. The predicted molar refractivity (Wildman–Crippen MR) is 87.0 cm³/mol. The van der Waals surface area contributed by atoms with Crippen molar-refractivity contribution >= 4 is 23.0 Å². The molecule has 0 aliphatic heterocycles. The molecule has 2 aromatic rings. The van der Waals surface area contributed by atoms with Gasteiger partial charge in [0.25, 0.3) is 5.56 Å². The zero-order valence-electron chi connectivity index (χ0n) is 12.2. The van der Waals surface area contributed by atoms with Gasteiger partial charge in [-0.25, -0.2) is 4.68 Å². The molecule has 112 valence electrons. The number of halogens is 1. The molecule has 0 unspecified atom stereocenters. The van der Waals surface area contributed by atoms with Gasteiger partial charge in [0.05, 0.1) is 18.4 Å². The maximum Gasteiger partial charge on any atom is 0.269 e. The zero-order valence-corrected chi connectivity index (χ0v) is 13.0. The summed E-state index contributed by atoms with van der Waals surface area (Å²) in [6, 6.07) is 6.79. The maximum atomic E-state index is 12.1. The average molecular weight is 307 g/mol. The van der Waals surface area contributed by atoms with E-state index in [-0.39, 0.29) is 5.56 Å². The van der Waals surface area contributed by atoms with Gasteiger partial charge in [0, 0.05) is 30.4 Å². The van der Waals surface area contributed by atoms with Crippen LogP contribution in [0, 0.1) is 0 Å². The predicted octanol–water partition coefficient (Wildman–Crippen LogP) is 2.37. The van der Waals surface area contributed by atoms with Crippen molar-refractivity contribution in [2.45, 2.75) is 19.9 Å². The minimum absolute atomic E-state index is 0.158. The third-order valence-electron chi connectivity index (χ3n) is 3.24. The lowest BCUT2D eigenvalue weighted by molar-refractivity contribution is 0.637. The van der Waals surface area contributed by atoms with Crippen molar-refractivity contribution in [1.29, 1.82) is 0 Å². The number of anilines is 2. The highest BCUT2D eigenvalue weighted by atomic mass is 35.5. The Balaban J connectivity index is 2.25. The van der Waals surface area contributed by atoms with Crippen molar-refractivity contribution in [1.82, 2.24) is 9.78 Å². The second-order valence-corrected chi connectivity index (χ2v) is 5.39. The van der Waals surface area contributed by atoms with Crippen LogP contribution in [0.4, 0.5) is 11.4 Å². The van der Waals surface area contributed by atoms with E-state index < -0.39 is 0 Å². The molecule has 2 N–H and O–H groups in total. The molecule has 5 nitrogen and oxygen atoms in total. The summed E-state index contributed by atoms with van der Waals surface area (Å²) in [6.07, 6.45) is 2.70. The summed E-state index contributed by atoms with van der Waals surface area (Å²) < 4.78 is 1.38. The van der Waals surface area contributed by atoms with Gasteiger partial charge in [0.1, 0.15) is 0 Å². The van der Waals surface area contributed by atoms with Gasteiger partial charge in [-0.1, -0.05) is 18.5 Å². The zero-order chi connectivity index (χ0) is 15.4. The maximum absolute atomic E-state index is 12.1. The molecule has 0 atom stereocenters. The first kappa shape index (κ1) is 15.4. The minimum Gasteiger partial charge on any atom is -0.399 e. The normalized spacial score (nSPS) is 10.6. The van der Waals surface area contributed by atoms with Gasteiger partial charge in [-0.05, 0) is 30.2 Å². The minimum atomic E-state index is -0.158. The van der Waals surface area contributed by atoms with E-state index in [0.29, 0.717) is 17.3 Å². The lowest BCUT2D eigenvalue weighted by atomic mass is 10.2. The van der Waals surface area contributed by atoms with E-state index in [1.54, 1.807) is 30.5 Å². The summed E-state index contributed by atoms with van der Waals surface area (Å²) in [5.74, 6) is 0. The van der Waals surface area contributed by atoms with E-state index in [2.05, 4.69) is 12.0 Å². The van der Waals surface area contributed by atoms with Crippen molar-refractivity contribution in [3.63, 3.8) is 0 Å². The molecule has 0 aliphatic carbocycles. The van der Waals surface area contributed by atoms with Crippen LogP contribution in [0.1, 0.15) is 18.9 Å². The standard InChI is InChI=1S/C15H19ClN4O/c1-3-6-19(2)13-8-15(21)20(18-9-13)10-11-7-12(17)4-5-14(11)16/h4-5,7-9H,3,6,10,17H2,1-2H3. The average Bonchev–Trinajstić information content (AvgIpc) is 2.45. The fourth-order valence-corrected chi connectivity index (χ4v) is 2.27. The topological polar surface area (TPSA) is 64.2 Å². The molecule has 0 amide bonds. The molecule has 0 saturated carbocycles. The molecule has 0 saturated heterocycles. The van der Waals surface area contributed by atoms with Crippen molar-refractivity contribution in [3.05, 3.63) is 51.4 Å². The smallest absolute Gasteiger partial charge is 0.269 e. The Kier molecular flexibility index (Phi) is 4.85. The third kappa shape index (κ3) is 3.76. The Morgan fingerprint density at radius 1 is 1.38 bits per heavy atom. The summed E-state index contributed by atoms with van der Waals surface area (Å²) in [5, 5.41) is 4.78. The number of nitrogen functional groups attached to an aromatic ring is 1. The first-order valence-corrected chi connectivity index (χ1v) is 7.21. The van der Waals surface area contributed by atoms with Gasteiger partial charge < -0.3 is 10.6 Å². The number of benzene rings is 1. The van der Waals surface area contributed by atoms with Crippen molar-refractivity contribution < 1.29 is 0 Å². The van der Waals surface area contributed by atoms with Crippen molar-refractivity contribution in [3.8, 4) is 0 Å². The third-order valence-corrected chi connectivity index (χ3v) is 3.61. The quantitative estimate of drug-likeness (QED) is 0.861. The van der Waals surface area contributed by atoms with E-state index in [0.717, 1.165) is 24.2 Å². The van der Waals surface area contributed by atoms with Crippen LogP contribution in [0.3, 0.4) is 0 Å². The molecule has 0 radical (unpaired) electrons. The number of aromatic nitrogens is 2. The molecular weight excluding hydrogens is 288 g/mol. The summed E-state index contributed by atoms with van der Waals surface area (Å²) >= 11 is 6.11. The molecule has 1 aromatic carbocycles. The van der Waals surface area contributed by atoms with Crippen LogP contribution >= 0.6 is 11.6 Å². The first-order chi connectivity index (χ1) is 10.0. The Labute approximate surface area is 128 Å². The number of nitrogens with two attached hydrogens (primary N) is 1. The second kappa shape index (κ2) is 6.63. The van der Waals surface area contributed by atoms with Crippen molar-refractivity contribution in [2.75, 3.05) is 24.2 Å². The Morgan fingerprint density at radius 2 is 2.14 bits per heavy atom. The molecule has 1 heterocycles. The van der Waals surface area contributed by atoms with Gasteiger partial charge in [-0.3, -0.25) is 4.79 Å². The van der Waals surface area contributed by atoms with Crippen LogP contribution in [0.5, 0.6) is 0 Å². The van der Waals surface area contributed by atoms with Crippen LogP contribution in [0.15, 0.2) is 35.3 Å². The van der Waals surface area contributed by atoms with E-state index in [4.69, 9.17) is 17.3 Å². The number of hydrogen-bond donors (Lipinski definition) is 1. The van der Waals surface area contributed by atoms with Crippen LogP contribution in [-0.4, -0.2) is 23.4 Å². The largest absolute Gasteiger partial charge is 0.399 e. The van der Waals surface area contributed by atoms with E-state index in [1.807, 2.05) is 11.9 Å². The van der Waals surface area contributed by atoms with Gasteiger partial charge in [-0.15, -0.1) is 0 Å².